The van der Waals surface area contributed by atoms with Gasteiger partial charge in [0.15, 0.2) is 0 Å². The molecule has 0 radical (unpaired) electrons. The number of nitrogens with zero attached hydrogens (tertiary/aromatic N) is 1. The molecular formula is C12H15BrN2. The van der Waals surface area contributed by atoms with Gasteiger partial charge in [0.25, 0.3) is 0 Å². The van der Waals surface area contributed by atoms with Gasteiger partial charge in [-0.05, 0) is 37.7 Å². The number of halogens is 1. The molecule has 15 heavy (non-hydrogen) atoms. The van der Waals surface area contributed by atoms with E-state index in [2.05, 4.69) is 64.2 Å². The van der Waals surface area contributed by atoms with Crippen LogP contribution >= 0.6 is 15.9 Å². The lowest BCUT2D eigenvalue weighted by Crippen LogP contribution is -2.11. The van der Waals surface area contributed by atoms with Crippen LogP contribution in [0.3, 0.4) is 0 Å². The molecule has 0 amide bonds. The molecule has 2 aromatic rings. The highest BCUT2D eigenvalue weighted by Crippen LogP contribution is 2.28. The molecule has 0 saturated heterocycles. The zero-order chi connectivity index (χ0) is 11.0. The van der Waals surface area contributed by atoms with E-state index in [1.807, 2.05) is 7.05 Å². The molecule has 1 heterocycles. The quantitative estimate of drug-likeness (QED) is 0.884. The van der Waals surface area contributed by atoms with Crippen LogP contribution in [0, 0.1) is 0 Å². The lowest BCUT2D eigenvalue weighted by molar-refractivity contribution is 0.654. The largest absolute Gasteiger partial charge is 0.350 e. The van der Waals surface area contributed by atoms with Crippen molar-refractivity contribution in [1.82, 2.24) is 9.88 Å². The molecular weight excluding hydrogens is 252 g/mol. The van der Waals surface area contributed by atoms with Crippen molar-refractivity contribution < 1.29 is 0 Å². The Morgan fingerprint density at radius 2 is 2.13 bits per heavy atom. The highest BCUT2D eigenvalue weighted by molar-refractivity contribution is 9.10. The van der Waals surface area contributed by atoms with E-state index in [4.69, 9.17) is 0 Å². The fraction of sp³-hybridized carbons (Fsp3) is 0.333. The molecule has 2 nitrogen and oxygen atoms in total. The molecule has 0 saturated carbocycles. The molecule has 2 rings (SSSR count). The molecule has 0 bridgehead atoms. The summed E-state index contributed by atoms with van der Waals surface area (Å²) in [6, 6.07) is 6.78. The van der Waals surface area contributed by atoms with E-state index in [1.54, 1.807) is 0 Å². The number of fused-ring (bicyclic) bond motifs is 1. The third kappa shape index (κ3) is 1.82. The first-order valence-electron chi connectivity index (χ1n) is 5.05. The van der Waals surface area contributed by atoms with Gasteiger partial charge in [0.05, 0.1) is 0 Å². The Bertz CT molecular complexity index is 488. The van der Waals surface area contributed by atoms with Crippen LogP contribution in [0.15, 0.2) is 28.9 Å². The van der Waals surface area contributed by atoms with Crippen molar-refractivity contribution in [1.29, 1.82) is 0 Å². The molecule has 80 valence electrons. The highest BCUT2D eigenvalue weighted by atomic mass is 79.9. The van der Waals surface area contributed by atoms with Crippen molar-refractivity contribution in [3.8, 4) is 0 Å². The predicted octanol–water partition coefficient (Wildman–Crippen LogP) is 3.22. The van der Waals surface area contributed by atoms with Gasteiger partial charge in [0.2, 0.25) is 0 Å². The molecule has 0 aliphatic heterocycles. The molecule has 1 unspecified atom stereocenters. The van der Waals surface area contributed by atoms with E-state index in [-0.39, 0.29) is 0 Å². The molecule has 3 heteroatoms. The number of hydrogen-bond donors (Lipinski definition) is 1. The van der Waals surface area contributed by atoms with Crippen molar-refractivity contribution >= 4 is 26.8 Å². The summed E-state index contributed by atoms with van der Waals surface area (Å²) in [6.07, 6.45) is 2.19. The summed E-state index contributed by atoms with van der Waals surface area (Å²) in [7, 11) is 4.07. The average molecular weight is 267 g/mol. The van der Waals surface area contributed by atoms with Gasteiger partial charge in [-0.2, -0.15) is 0 Å². The minimum atomic E-state index is 0.378. The smallest absolute Gasteiger partial charge is 0.0481 e. The van der Waals surface area contributed by atoms with E-state index in [1.165, 1.54) is 16.5 Å². The van der Waals surface area contributed by atoms with Gasteiger partial charge in [-0.15, -0.1) is 0 Å². The van der Waals surface area contributed by atoms with Crippen molar-refractivity contribution in [3.63, 3.8) is 0 Å². The standard InChI is InChI=1S/C12H15BrN2/c1-8(14-2)11-7-15(3)12-5-4-9(13)6-10(11)12/h4-8,14H,1-3H3. The first-order valence-corrected chi connectivity index (χ1v) is 5.84. The fourth-order valence-corrected chi connectivity index (χ4v) is 2.26. The SMILES string of the molecule is CNC(C)c1cn(C)c2ccc(Br)cc12. The number of nitrogens with one attached hydrogen (secondary N) is 1. The summed E-state index contributed by atoms with van der Waals surface area (Å²) in [4.78, 5) is 0. The predicted molar refractivity (Wildman–Crippen MR) is 68.1 cm³/mol. The molecule has 0 fully saturated rings. The summed E-state index contributed by atoms with van der Waals surface area (Å²) >= 11 is 3.52. The molecule has 1 aromatic carbocycles. The topological polar surface area (TPSA) is 17.0 Å². The summed E-state index contributed by atoms with van der Waals surface area (Å²) in [5.41, 5.74) is 2.62. The van der Waals surface area contributed by atoms with E-state index >= 15 is 0 Å². The van der Waals surface area contributed by atoms with E-state index < -0.39 is 0 Å². The van der Waals surface area contributed by atoms with E-state index in [0.717, 1.165) is 4.47 Å². The third-order valence-corrected chi connectivity index (χ3v) is 3.38. The monoisotopic (exact) mass is 266 g/mol. The summed E-state index contributed by atoms with van der Waals surface area (Å²) in [6.45, 7) is 2.18. The second-order valence-corrected chi connectivity index (χ2v) is 4.78. The van der Waals surface area contributed by atoms with E-state index in [9.17, 15) is 0 Å². The highest BCUT2D eigenvalue weighted by Gasteiger charge is 2.11. The average Bonchev–Trinajstić information content (AvgIpc) is 2.54. The lowest BCUT2D eigenvalue weighted by atomic mass is 10.1. The Hall–Kier alpha value is -0.800. The van der Waals surface area contributed by atoms with Crippen LogP contribution in [0.5, 0.6) is 0 Å². The number of aryl methyl sites for hydroxylation is 1. The van der Waals surface area contributed by atoms with Crippen molar-refractivity contribution in [2.45, 2.75) is 13.0 Å². The first-order chi connectivity index (χ1) is 7.13. The van der Waals surface area contributed by atoms with Gasteiger partial charge >= 0.3 is 0 Å². The normalized spacial score (nSPS) is 13.3. The molecule has 0 aliphatic rings. The van der Waals surface area contributed by atoms with Crippen LogP contribution in [0.2, 0.25) is 0 Å². The third-order valence-electron chi connectivity index (χ3n) is 2.88. The van der Waals surface area contributed by atoms with E-state index in [0.29, 0.717) is 6.04 Å². The molecule has 0 spiro atoms. The second-order valence-electron chi connectivity index (χ2n) is 3.87. The number of hydrogen-bond acceptors (Lipinski definition) is 1. The molecule has 1 aromatic heterocycles. The van der Waals surface area contributed by atoms with Gasteiger partial charge < -0.3 is 9.88 Å². The maximum atomic E-state index is 3.52. The van der Waals surface area contributed by atoms with Gasteiger partial charge in [-0.25, -0.2) is 0 Å². The molecule has 1 atom stereocenters. The van der Waals surface area contributed by atoms with Gasteiger partial charge in [-0.1, -0.05) is 15.9 Å². The van der Waals surface area contributed by atoms with Crippen molar-refractivity contribution in [3.05, 3.63) is 34.4 Å². The number of aromatic nitrogens is 1. The van der Waals surface area contributed by atoms with Gasteiger partial charge in [0, 0.05) is 34.7 Å². The summed E-state index contributed by atoms with van der Waals surface area (Å²) < 4.78 is 3.30. The van der Waals surface area contributed by atoms with Crippen LogP contribution in [0.4, 0.5) is 0 Å². The van der Waals surface area contributed by atoms with Crippen molar-refractivity contribution in [2.24, 2.45) is 7.05 Å². The Kier molecular flexibility index (Phi) is 2.85. The van der Waals surface area contributed by atoms with Crippen LogP contribution in [-0.4, -0.2) is 11.6 Å². The van der Waals surface area contributed by atoms with Gasteiger partial charge in [-0.3, -0.25) is 0 Å². The Balaban J connectivity index is 2.69. The first kappa shape index (κ1) is 10.7. The van der Waals surface area contributed by atoms with Crippen molar-refractivity contribution in [2.75, 3.05) is 7.05 Å². The lowest BCUT2D eigenvalue weighted by Gasteiger charge is -2.08. The minimum Gasteiger partial charge on any atom is -0.350 e. The van der Waals surface area contributed by atoms with Crippen LogP contribution < -0.4 is 5.32 Å². The zero-order valence-corrected chi connectivity index (χ0v) is 10.8. The Morgan fingerprint density at radius 1 is 1.40 bits per heavy atom. The minimum absolute atomic E-state index is 0.378. The van der Waals surface area contributed by atoms with Crippen LogP contribution in [-0.2, 0) is 7.05 Å². The van der Waals surface area contributed by atoms with Crippen LogP contribution in [0.25, 0.3) is 10.9 Å². The fourth-order valence-electron chi connectivity index (χ4n) is 1.90. The maximum Gasteiger partial charge on any atom is 0.0481 e. The van der Waals surface area contributed by atoms with Gasteiger partial charge in [0.1, 0.15) is 0 Å². The second kappa shape index (κ2) is 3.99. The summed E-state index contributed by atoms with van der Waals surface area (Å²) in [5, 5.41) is 4.59. The summed E-state index contributed by atoms with van der Waals surface area (Å²) in [5.74, 6) is 0. The number of rotatable bonds is 2. The molecule has 0 aliphatic carbocycles. The van der Waals surface area contributed by atoms with Crippen LogP contribution in [0.1, 0.15) is 18.5 Å². The molecule has 1 N–H and O–H groups in total. The Labute approximate surface area is 98.4 Å². The zero-order valence-electron chi connectivity index (χ0n) is 9.21. The number of benzene rings is 1. The maximum absolute atomic E-state index is 3.52. The Morgan fingerprint density at radius 3 is 2.80 bits per heavy atom.